The molecule has 0 aliphatic carbocycles. The van der Waals surface area contributed by atoms with E-state index >= 15 is 0 Å². The van der Waals surface area contributed by atoms with E-state index in [2.05, 4.69) is 18.2 Å². The van der Waals surface area contributed by atoms with E-state index in [4.69, 9.17) is 15.3 Å². The van der Waals surface area contributed by atoms with E-state index in [1.165, 1.54) is 5.56 Å². The summed E-state index contributed by atoms with van der Waals surface area (Å²) < 4.78 is 6.10. The van der Waals surface area contributed by atoms with Crippen molar-refractivity contribution in [2.24, 2.45) is 5.92 Å². The predicted molar refractivity (Wildman–Crippen MR) is 115 cm³/mol. The van der Waals surface area contributed by atoms with Gasteiger partial charge >= 0.3 is 5.97 Å². The molecular formula is C25H25NO3. The van der Waals surface area contributed by atoms with Gasteiger partial charge in [0, 0.05) is 18.1 Å². The van der Waals surface area contributed by atoms with Crippen molar-refractivity contribution >= 4 is 11.7 Å². The van der Waals surface area contributed by atoms with Crippen molar-refractivity contribution < 1.29 is 14.6 Å². The van der Waals surface area contributed by atoms with E-state index in [0.717, 1.165) is 23.3 Å². The van der Waals surface area contributed by atoms with Gasteiger partial charge in [-0.15, -0.1) is 0 Å². The van der Waals surface area contributed by atoms with Gasteiger partial charge < -0.3 is 15.3 Å². The molecular weight excluding hydrogens is 362 g/mol. The first kappa shape index (κ1) is 20.3. The standard InChI is InChI=1S/C25H25NO3/c1-2-19(17-24(27)28)25(26)20-12-14-22(15-13-20)29-23-11-7-6-10-21(23)16-18-8-4-3-5-9-18/h3-15,19,26H,2,16-17H2,1H3,(H,27,28)/t19-/m1/s1. The topological polar surface area (TPSA) is 70.4 Å². The van der Waals surface area contributed by atoms with Crippen LogP contribution in [-0.4, -0.2) is 16.8 Å². The van der Waals surface area contributed by atoms with Gasteiger partial charge in [-0.25, -0.2) is 0 Å². The molecule has 2 N–H and O–H groups in total. The number of rotatable bonds is 9. The Balaban J connectivity index is 1.73. The summed E-state index contributed by atoms with van der Waals surface area (Å²) in [5, 5.41) is 17.4. The third-order valence-corrected chi connectivity index (χ3v) is 4.93. The van der Waals surface area contributed by atoms with Crippen molar-refractivity contribution in [2.75, 3.05) is 0 Å². The number of carboxylic acid groups (broad SMARTS) is 1. The summed E-state index contributed by atoms with van der Waals surface area (Å²) in [4.78, 5) is 11.0. The molecule has 1 atom stereocenters. The lowest BCUT2D eigenvalue weighted by Crippen LogP contribution is -2.17. The first-order valence-corrected chi connectivity index (χ1v) is 9.77. The van der Waals surface area contributed by atoms with Crippen LogP contribution in [0.1, 0.15) is 36.5 Å². The molecule has 4 heteroatoms. The normalized spacial score (nSPS) is 11.6. The molecule has 3 aromatic rings. The minimum Gasteiger partial charge on any atom is -0.481 e. The van der Waals surface area contributed by atoms with Crippen molar-refractivity contribution in [1.82, 2.24) is 0 Å². The third kappa shape index (κ3) is 5.55. The number of aliphatic carboxylic acids is 1. The van der Waals surface area contributed by atoms with Crippen molar-refractivity contribution in [2.45, 2.75) is 26.2 Å². The molecule has 0 unspecified atom stereocenters. The average molecular weight is 387 g/mol. The lowest BCUT2D eigenvalue weighted by molar-refractivity contribution is -0.137. The number of carboxylic acids is 1. The highest BCUT2D eigenvalue weighted by molar-refractivity contribution is 6.01. The van der Waals surface area contributed by atoms with E-state index in [1.54, 1.807) is 0 Å². The molecule has 0 fully saturated rings. The molecule has 0 bridgehead atoms. The van der Waals surface area contributed by atoms with E-state index in [-0.39, 0.29) is 12.3 Å². The third-order valence-electron chi connectivity index (χ3n) is 4.93. The second kappa shape index (κ2) is 9.69. The van der Waals surface area contributed by atoms with Gasteiger partial charge in [0.1, 0.15) is 11.5 Å². The maximum absolute atomic E-state index is 11.0. The summed E-state index contributed by atoms with van der Waals surface area (Å²) >= 11 is 0. The van der Waals surface area contributed by atoms with E-state index in [1.807, 2.05) is 67.6 Å². The van der Waals surface area contributed by atoms with Gasteiger partial charge in [0.2, 0.25) is 0 Å². The molecule has 148 valence electrons. The van der Waals surface area contributed by atoms with E-state index in [0.29, 0.717) is 17.9 Å². The Hall–Kier alpha value is -3.40. The smallest absolute Gasteiger partial charge is 0.304 e. The van der Waals surface area contributed by atoms with Crippen LogP contribution in [0.4, 0.5) is 0 Å². The number of carbonyl (C=O) groups is 1. The fraction of sp³-hybridized carbons (Fsp3) is 0.200. The fourth-order valence-electron chi connectivity index (χ4n) is 3.29. The first-order valence-electron chi connectivity index (χ1n) is 9.77. The van der Waals surface area contributed by atoms with Gasteiger partial charge in [0.15, 0.2) is 0 Å². The largest absolute Gasteiger partial charge is 0.481 e. The van der Waals surface area contributed by atoms with Gasteiger partial charge in [0.25, 0.3) is 0 Å². The SMILES string of the molecule is CC[C@H](CC(=O)O)C(=N)c1ccc(Oc2ccccc2Cc2ccccc2)cc1. The highest BCUT2D eigenvalue weighted by atomic mass is 16.5. The van der Waals surface area contributed by atoms with Crippen LogP contribution >= 0.6 is 0 Å². The average Bonchev–Trinajstić information content (AvgIpc) is 2.74. The molecule has 4 nitrogen and oxygen atoms in total. The number of para-hydroxylation sites is 1. The highest BCUT2D eigenvalue weighted by Gasteiger charge is 2.18. The lowest BCUT2D eigenvalue weighted by Gasteiger charge is -2.15. The van der Waals surface area contributed by atoms with Gasteiger partial charge in [-0.3, -0.25) is 4.79 Å². The zero-order valence-electron chi connectivity index (χ0n) is 16.5. The van der Waals surface area contributed by atoms with Gasteiger partial charge in [-0.05, 0) is 53.4 Å². The molecule has 0 aliphatic heterocycles. The van der Waals surface area contributed by atoms with E-state index in [9.17, 15) is 4.79 Å². The van der Waals surface area contributed by atoms with Crippen molar-refractivity contribution in [3.8, 4) is 11.5 Å². The van der Waals surface area contributed by atoms with Crippen LogP contribution in [0.2, 0.25) is 0 Å². The van der Waals surface area contributed by atoms with Crippen molar-refractivity contribution in [3.63, 3.8) is 0 Å². The van der Waals surface area contributed by atoms with Crippen LogP contribution in [0.15, 0.2) is 78.9 Å². The summed E-state index contributed by atoms with van der Waals surface area (Å²) in [5.74, 6) is 0.326. The Kier molecular flexibility index (Phi) is 6.80. The molecule has 0 heterocycles. The molecule has 0 radical (unpaired) electrons. The van der Waals surface area contributed by atoms with Crippen LogP contribution in [0.25, 0.3) is 0 Å². The van der Waals surface area contributed by atoms with Crippen LogP contribution in [-0.2, 0) is 11.2 Å². The molecule has 0 saturated heterocycles. The Morgan fingerprint density at radius 3 is 2.28 bits per heavy atom. The Morgan fingerprint density at radius 1 is 0.966 bits per heavy atom. The molecule has 0 spiro atoms. The maximum atomic E-state index is 11.0. The number of hydrogen-bond donors (Lipinski definition) is 2. The minimum atomic E-state index is -0.878. The number of hydrogen-bond acceptors (Lipinski definition) is 3. The maximum Gasteiger partial charge on any atom is 0.304 e. The second-order valence-corrected chi connectivity index (χ2v) is 7.01. The lowest BCUT2D eigenvalue weighted by atomic mass is 9.91. The molecule has 0 aliphatic rings. The van der Waals surface area contributed by atoms with Crippen LogP contribution in [0, 0.1) is 11.3 Å². The monoisotopic (exact) mass is 387 g/mol. The predicted octanol–water partition coefficient (Wildman–Crippen LogP) is 5.94. The molecule has 3 rings (SSSR count). The molecule has 0 amide bonds. The summed E-state index contributed by atoms with van der Waals surface area (Å²) in [6.07, 6.45) is 1.38. The molecule has 0 saturated carbocycles. The number of ether oxygens (including phenoxy) is 1. The second-order valence-electron chi connectivity index (χ2n) is 7.01. The van der Waals surface area contributed by atoms with Crippen LogP contribution < -0.4 is 4.74 Å². The fourth-order valence-corrected chi connectivity index (χ4v) is 3.29. The summed E-state index contributed by atoms with van der Waals surface area (Å²) in [6.45, 7) is 1.91. The Labute approximate surface area is 171 Å². The zero-order chi connectivity index (χ0) is 20.6. The Morgan fingerprint density at radius 2 is 1.62 bits per heavy atom. The Bertz CT molecular complexity index is 965. The number of benzene rings is 3. The molecule has 0 aromatic heterocycles. The zero-order valence-corrected chi connectivity index (χ0v) is 16.5. The summed E-state index contributed by atoms with van der Waals surface area (Å²) in [5.41, 5.74) is 3.40. The first-order chi connectivity index (χ1) is 14.1. The molecule has 3 aromatic carbocycles. The van der Waals surface area contributed by atoms with Gasteiger partial charge in [0.05, 0.1) is 6.42 Å². The van der Waals surface area contributed by atoms with Crippen molar-refractivity contribution in [1.29, 1.82) is 5.41 Å². The summed E-state index contributed by atoms with van der Waals surface area (Å²) in [7, 11) is 0. The molecule has 29 heavy (non-hydrogen) atoms. The van der Waals surface area contributed by atoms with Crippen molar-refractivity contribution in [3.05, 3.63) is 95.6 Å². The number of nitrogens with one attached hydrogen (secondary N) is 1. The highest BCUT2D eigenvalue weighted by Crippen LogP contribution is 2.28. The van der Waals surface area contributed by atoms with Gasteiger partial charge in [-0.2, -0.15) is 0 Å². The van der Waals surface area contributed by atoms with Gasteiger partial charge in [-0.1, -0.05) is 55.5 Å². The van der Waals surface area contributed by atoms with Crippen LogP contribution in [0.5, 0.6) is 11.5 Å². The minimum absolute atomic E-state index is 0.0273. The summed E-state index contributed by atoms with van der Waals surface area (Å²) in [6, 6.07) is 25.5. The van der Waals surface area contributed by atoms with Crippen LogP contribution in [0.3, 0.4) is 0 Å². The quantitative estimate of drug-likeness (QED) is 0.447. The van der Waals surface area contributed by atoms with E-state index < -0.39 is 5.97 Å².